The molecule has 4 heteroatoms. The second-order valence-electron chi connectivity index (χ2n) is 7.50. The summed E-state index contributed by atoms with van der Waals surface area (Å²) >= 11 is 0. The van der Waals surface area contributed by atoms with E-state index >= 15 is 0 Å². The maximum absolute atomic E-state index is 13.1. The molecule has 0 aromatic carbocycles. The smallest absolute Gasteiger partial charge is 0.228 e. The van der Waals surface area contributed by atoms with E-state index in [2.05, 4.69) is 30.6 Å². The van der Waals surface area contributed by atoms with Gasteiger partial charge in [-0.15, -0.1) is 0 Å². The van der Waals surface area contributed by atoms with Crippen molar-refractivity contribution < 1.29 is 4.79 Å². The van der Waals surface area contributed by atoms with Gasteiger partial charge in [0.2, 0.25) is 5.91 Å². The van der Waals surface area contributed by atoms with E-state index < -0.39 is 0 Å². The van der Waals surface area contributed by atoms with Gasteiger partial charge in [0.25, 0.3) is 0 Å². The van der Waals surface area contributed by atoms with E-state index in [0.29, 0.717) is 24.4 Å². The topological polar surface area (TPSA) is 49.6 Å². The van der Waals surface area contributed by atoms with Crippen molar-refractivity contribution in [2.75, 3.05) is 32.7 Å². The first-order valence-electron chi connectivity index (χ1n) is 8.72. The Kier molecular flexibility index (Phi) is 5.67. The summed E-state index contributed by atoms with van der Waals surface area (Å²) in [7, 11) is 0. The highest BCUT2D eigenvalue weighted by Gasteiger charge is 2.44. The number of rotatable bonds is 5. The van der Waals surface area contributed by atoms with E-state index in [1.807, 2.05) is 0 Å². The molecule has 4 nitrogen and oxygen atoms in total. The van der Waals surface area contributed by atoms with Crippen LogP contribution in [-0.2, 0) is 4.79 Å². The van der Waals surface area contributed by atoms with E-state index in [1.54, 1.807) is 0 Å². The molecule has 0 radical (unpaired) electrons. The van der Waals surface area contributed by atoms with Gasteiger partial charge in [0.1, 0.15) is 0 Å². The average Bonchev–Trinajstić information content (AvgIpc) is 2.94. The maximum atomic E-state index is 13.1. The number of amides is 1. The molecule has 2 rings (SSSR count). The van der Waals surface area contributed by atoms with Crippen LogP contribution in [0, 0.1) is 11.3 Å². The molecule has 21 heavy (non-hydrogen) atoms. The Morgan fingerprint density at radius 3 is 2.14 bits per heavy atom. The molecule has 1 unspecified atom stereocenters. The Hall–Kier alpha value is -0.610. The molecule has 0 aromatic heterocycles. The Morgan fingerprint density at radius 2 is 1.67 bits per heavy atom. The Labute approximate surface area is 130 Å². The number of nitrogens with two attached hydrogens (primary N) is 1. The number of nitrogens with zero attached hydrogens (tertiary/aromatic N) is 2. The highest BCUT2D eigenvalue weighted by molar-refractivity contribution is 5.83. The van der Waals surface area contributed by atoms with Gasteiger partial charge >= 0.3 is 0 Å². The van der Waals surface area contributed by atoms with Crippen molar-refractivity contribution in [1.82, 2.24) is 9.80 Å². The van der Waals surface area contributed by atoms with Crippen LogP contribution in [0.3, 0.4) is 0 Å². The Balaban J connectivity index is 1.96. The average molecular weight is 295 g/mol. The summed E-state index contributed by atoms with van der Waals surface area (Å²) in [5, 5.41) is 0. The fraction of sp³-hybridized carbons (Fsp3) is 0.941. The molecule has 1 amide bonds. The molecule has 1 saturated heterocycles. The third-order valence-electron chi connectivity index (χ3n) is 5.38. The van der Waals surface area contributed by atoms with Crippen LogP contribution in [0.25, 0.3) is 0 Å². The molecule has 1 aliphatic carbocycles. The summed E-state index contributed by atoms with van der Waals surface area (Å²) in [6.45, 7) is 11.1. The number of carbonyl (C=O) groups excluding carboxylic acids is 1. The zero-order chi connectivity index (χ0) is 15.5. The molecule has 1 saturated carbocycles. The minimum atomic E-state index is -0.0458. The first-order chi connectivity index (χ1) is 9.98. The van der Waals surface area contributed by atoms with Crippen LogP contribution in [0.4, 0.5) is 0 Å². The summed E-state index contributed by atoms with van der Waals surface area (Å²) in [5.74, 6) is 1.04. The van der Waals surface area contributed by atoms with Gasteiger partial charge in [0.05, 0.1) is 0 Å². The minimum absolute atomic E-state index is 0.0458. The van der Waals surface area contributed by atoms with Gasteiger partial charge in [-0.2, -0.15) is 0 Å². The zero-order valence-corrected chi connectivity index (χ0v) is 14.1. The third-order valence-corrected chi connectivity index (χ3v) is 5.38. The summed E-state index contributed by atoms with van der Waals surface area (Å²) in [6, 6.07) is 0.429. The zero-order valence-electron chi connectivity index (χ0n) is 14.1. The van der Waals surface area contributed by atoms with Gasteiger partial charge in [-0.3, -0.25) is 9.69 Å². The minimum Gasteiger partial charge on any atom is -0.340 e. The van der Waals surface area contributed by atoms with Gasteiger partial charge in [0.15, 0.2) is 0 Å². The number of hydrogen-bond donors (Lipinski definition) is 1. The van der Waals surface area contributed by atoms with Crippen LogP contribution >= 0.6 is 0 Å². The predicted octanol–water partition coefficient (Wildman–Crippen LogP) is 2.08. The normalized spacial score (nSPS) is 24.5. The summed E-state index contributed by atoms with van der Waals surface area (Å²) in [5.41, 5.74) is 5.70. The molecule has 1 aliphatic heterocycles. The highest BCUT2D eigenvalue weighted by Crippen LogP contribution is 2.44. The fourth-order valence-corrected chi connectivity index (χ4v) is 4.19. The number of carbonyl (C=O) groups is 1. The van der Waals surface area contributed by atoms with E-state index in [1.165, 1.54) is 12.8 Å². The lowest BCUT2D eigenvalue weighted by atomic mass is 9.77. The summed E-state index contributed by atoms with van der Waals surface area (Å²) in [4.78, 5) is 17.6. The summed E-state index contributed by atoms with van der Waals surface area (Å²) in [6.07, 6.45) is 5.71. The van der Waals surface area contributed by atoms with E-state index in [9.17, 15) is 4.79 Å². The van der Waals surface area contributed by atoms with Crippen molar-refractivity contribution in [3.8, 4) is 0 Å². The molecule has 2 fully saturated rings. The van der Waals surface area contributed by atoms with Crippen molar-refractivity contribution in [3.05, 3.63) is 0 Å². The SMILES string of the molecule is CC(C)CC1(C(=O)N2CCN(C(C)CN)CC2)CCCC1. The Morgan fingerprint density at radius 1 is 1.10 bits per heavy atom. The van der Waals surface area contributed by atoms with Gasteiger partial charge in [0, 0.05) is 44.2 Å². The predicted molar refractivity (Wildman–Crippen MR) is 87.0 cm³/mol. The van der Waals surface area contributed by atoms with Crippen LogP contribution in [0.1, 0.15) is 52.9 Å². The van der Waals surface area contributed by atoms with Crippen molar-refractivity contribution >= 4 is 5.91 Å². The molecule has 0 aromatic rings. The van der Waals surface area contributed by atoms with Crippen LogP contribution in [-0.4, -0.2) is 54.5 Å². The van der Waals surface area contributed by atoms with Crippen molar-refractivity contribution in [2.24, 2.45) is 17.1 Å². The lowest BCUT2D eigenvalue weighted by Gasteiger charge is -2.42. The van der Waals surface area contributed by atoms with E-state index in [4.69, 9.17) is 5.73 Å². The molecular formula is C17H33N3O. The first kappa shape index (κ1) is 16.8. The molecular weight excluding hydrogens is 262 g/mol. The summed E-state index contributed by atoms with van der Waals surface area (Å²) < 4.78 is 0. The van der Waals surface area contributed by atoms with Gasteiger partial charge in [-0.05, 0) is 32.1 Å². The van der Waals surface area contributed by atoms with Crippen molar-refractivity contribution in [1.29, 1.82) is 0 Å². The molecule has 2 N–H and O–H groups in total. The lowest BCUT2D eigenvalue weighted by molar-refractivity contribution is -0.145. The number of hydrogen-bond acceptors (Lipinski definition) is 3. The molecule has 1 heterocycles. The van der Waals surface area contributed by atoms with E-state index in [0.717, 1.165) is 45.4 Å². The van der Waals surface area contributed by atoms with Crippen LogP contribution in [0.2, 0.25) is 0 Å². The fourth-order valence-electron chi connectivity index (χ4n) is 4.19. The highest BCUT2D eigenvalue weighted by atomic mass is 16.2. The largest absolute Gasteiger partial charge is 0.340 e. The quantitative estimate of drug-likeness (QED) is 0.845. The molecule has 0 bridgehead atoms. The van der Waals surface area contributed by atoms with Crippen LogP contribution in [0.15, 0.2) is 0 Å². The van der Waals surface area contributed by atoms with Crippen LogP contribution in [0.5, 0.6) is 0 Å². The molecule has 2 aliphatic rings. The van der Waals surface area contributed by atoms with Gasteiger partial charge in [-0.1, -0.05) is 26.7 Å². The number of piperazine rings is 1. The van der Waals surface area contributed by atoms with E-state index in [-0.39, 0.29) is 5.41 Å². The van der Waals surface area contributed by atoms with Gasteiger partial charge < -0.3 is 10.6 Å². The molecule has 0 spiro atoms. The first-order valence-corrected chi connectivity index (χ1v) is 8.72. The molecule has 1 atom stereocenters. The second kappa shape index (κ2) is 7.10. The monoisotopic (exact) mass is 295 g/mol. The standard InChI is InChI=1S/C17H33N3O/c1-14(2)12-17(6-4-5-7-17)16(21)20-10-8-19(9-11-20)15(3)13-18/h14-15H,4-13,18H2,1-3H3. The second-order valence-corrected chi connectivity index (χ2v) is 7.50. The lowest BCUT2D eigenvalue weighted by Crippen LogP contribution is -2.55. The van der Waals surface area contributed by atoms with Crippen LogP contribution < -0.4 is 5.73 Å². The van der Waals surface area contributed by atoms with Crippen molar-refractivity contribution in [3.63, 3.8) is 0 Å². The van der Waals surface area contributed by atoms with Gasteiger partial charge in [-0.25, -0.2) is 0 Å². The molecule has 122 valence electrons. The Bertz CT molecular complexity index is 342. The third kappa shape index (κ3) is 3.78. The maximum Gasteiger partial charge on any atom is 0.228 e. The van der Waals surface area contributed by atoms with Crippen molar-refractivity contribution in [2.45, 2.75) is 58.9 Å².